The molecule has 0 atom stereocenters. The molecule has 1 aromatic carbocycles. The Bertz CT molecular complexity index is 835. The summed E-state index contributed by atoms with van der Waals surface area (Å²) in [4.78, 5) is 39.7. The lowest BCUT2D eigenvalue weighted by atomic mass is 10.1. The molecule has 0 unspecified atom stereocenters. The number of benzene rings is 1. The molecule has 3 rings (SSSR count). The largest absolute Gasteiger partial charge is 0.472 e. The molecule has 1 fully saturated rings. The minimum Gasteiger partial charge on any atom is -0.472 e. The van der Waals surface area contributed by atoms with Crippen LogP contribution in [0.5, 0.6) is 0 Å². The minimum atomic E-state index is -0.308. The summed E-state index contributed by atoms with van der Waals surface area (Å²) in [7, 11) is 0. The Morgan fingerprint density at radius 2 is 2.04 bits per heavy atom. The second kappa shape index (κ2) is 9.07. The Morgan fingerprint density at radius 1 is 1.18 bits per heavy atom. The molecule has 0 bridgehead atoms. The molecule has 0 saturated carbocycles. The SMILES string of the molecule is CCNC(=O)N1CCCN(c2ccc(C=O)cc2NC(=O)c2ccoc2)CC1. The number of furan rings is 1. The first-order valence-electron chi connectivity index (χ1n) is 9.33. The smallest absolute Gasteiger partial charge is 0.317 e. The van der Waals surface area contributed by atoms with E-state index in [0.717, 1.165) is 24.9 Å². The van der Waals surface area contributed by atoms with Crippen LogP contribution in [0.3, 0.4) is 0 Å². The van der Waals surface area contributed by atoms with Gasteiger partial charge in [-0.1, -0.05) is 0 Å². The van der Waals surface area contributed by atoms with Crippen molar-refractivity contribution >= 4 is 29.6 Å². The summed E-state index contributed by atoms with van der Waals surface area (Å²) in [5.74, 6) is -0.308. The molecular formula is C20H24N4O4. The van der Waals surface area contributed by atoms with Gasteiger partial charge >= 0.3 is 6.03 Å². The second-order valence-electron chi connectivity index (χ2n) is 6.52. The van der Waals surface area contributed by atoms with Crippen LogP contribution in [-0.2, 0) is 0 Å². The van der Waals surface area contributed by atoms with Gasteiger partial charge in [0.15, 0.2) is 0 Å². The zero-order chi connectivity index (χ0) is 19.9. The van der Waals surface area contributed by atoms with Crippen molar-refractivity contribution in [3.8, 4) is 0 Å². The normalized spacial score (nSPS) is 14.3. The van der Waals surface area contributed by atoms with Crippen molar-refractivity contribution < 1.29 is 18.8 Å². The van der Waals surface area contributed by atoms with Gasteiger partial charge in [-0.05, 0) is 37.6 Å². The fourth-order valence-electron chi connectivity index (χ4n) is 3.22. The van der Waals surface area contributed by atoms with Crippen LogP contribution in [0.2, 0.25) is 0 Å². The number of hydrogen-bond acceptors (Lipinski definition) is 5. The van der Waals surface area contributed by atoms with E-state index in [1.807, 2.05) is 13.0 Å². The van der Waals surface area contributed by atoms with Crippen molar-refractivity contribution in [2.45, 2.75) is 13.3 Å². The molecule has 8 heteroatoms. The molecule has 2 aromatic rings. The monoisotopic (exact) mass is 384 g/mol. The summed E-state index contributed by atoms with van der Waals surface area (Å²) in [5.41, 5.74) is 2.26. The van der Waals surface area contributed by atoms with Crippen molar-refractivity contribution in [1.29, 1.82) is 0 Å². The maximum atomic E-state index is 12.5. The third-order valence-corrected chi connectivity index (χ3v) is 4.64. The van der Waals surface area contributed by atoms with E-state index in [1.54, 1.807) is 23.1 Å². The number of carbonyl (C=O) groups excluding carboxylic acids is 3. The molecule has 0 spiro atoms. The number of carbonyl (C=O) groups is 3. The average Bonchev–Trinajstić information content (AvgIpc) is 3.13. The lowest BCUT2D eigenvalue weighted by molar-refractivity contribution is 0.102. The number of hydrogen-bond donors (Lipinski definition) is 2. The first kappa shape index (κ1) is 19.5. The standard InChI is InChI=1S/C20H24N4O4/c1-2-21-20(27)24-8-3-7-23(9-10-24)18-5-4-15(13-25)12-17(18)22-19(26)16-6-11-28-14-16/h4-6,11-14H,2-3,7-10H2,1H3,(H,21,27)(H,22,26). The summed E-state index contributed by atoms with van der Waals surface area (Å²) in [6, 6.07) is 6.73. The van der Waals surface area contributed by atoms with Gasteiger partial charge in [-0.15, -0.1) is 0 Å². The molecular weight excluding hydrogens is 360 g/mol. The van der Waals surface area contributed by atoms with Crippen LogP contribution < -0.4 is 15.5 Å². The summed E-state index contributed by atoms with van der Waals surface area (Å²) in [6.07, 6.45) is 4.36. The zero-order valence-electron chi connectivity index (χ0n) is 15.8. The summed E-state index contributed by atoms with van der Waals surface area (Å²) >= 11 is 0. The molecule has 28 heavy (non-hydrogen) atoms. The van der Waals surface area contributed by atoms with Crippen LogP contribution in [-0.4, -0.2) is 55.8 Å². The van der Waals surface area contributed by atoms with Gasteiger partial charge in [0.25, 0.3) is 5.91 Å². The molecule has 3 amide bonds. The lowest BCUT2D eigenvalue weighted by Crippen LogP contribution is -2.42. The highest BCUT2D eigenvalue weighted by molar-refractivity contribution is 6.06. The highest BCUT2D eigenvalue weighted by Gasteiger charge is 2.21. The zero-order valence-corrected chi connectivity index (χ0v) is 15.8. The summed E-state index contributed by atoms with van der Waals surface area (Å²) in [5, 5.41) is 5.70. The van der Waals surface area contributed by atoms with Crippen molar-refractivity contribution in [3.05, 3.63) is 47.9 Å². The Kier molecular flexibility index (Phi) is 6.31. The topological polar surface area (TPSA) is 94.9 Å². The van der Waals surface area contributed by atoms with E-state index in [0.29, 0.717) is 43.0 Å². The van der Waals surface area contributed by atoms with Gasteiger partial charge in [-0.3, -0.25) is 9.59 Å². The van der Waals surface area contributed by atoms with Gasteiger partial charge < -0.3 is 24.9 Å². The molecule has 0 radical (unpaired) electrons. The van der Waals surface area contributed by atoms with Gasteiger partial charge in [-0.25, -0.2) is 4.79 Å². The number of rotatable bonds is 5. The fourth-order valence-corrected chi connectivity index (χ4v) is 3.22. The summed E-state index contributed by atoms with van der Waals surface area (Å²) < 4.78 is 4.96. The van der Waals surface area contributed by atoms with E-state index in [1.165, 1.54) is 12.5 Å². The molecule has 1 aromatic heterocycles. The highest BCUT2D eigenvalue weighted by Crippen LogP contribution is 2.28. The van der Waals surface area contributed by atoms with E-state index >= 15 is 0 Å². The predicted molar refractivity (Wildman–Crippen MR) is 106 cm³/mol. The van der Waals surface area contributed by atoms with Crippen LogP contribution in [0, 0.1) is 0 Å². The molecule has 2 heterocycles. The number of nitrogens with zero attached hydrogens (tertiary/aromatic N) is 2. The minimum absolute atomic E-state index is 0.0610. The van der Waals surface area contributed by atoms with Crippen LogP contribution in [0.15, 0.2) is 41.2 Å². The van der Waals surface area contributed by atoms with Crippen molar-refractivity contribution in [3.63, 3.8) is 0 Å². The molecule has 0 aliphatic carbocycles. The molecule has 148 valence electrons. The van der Waals surface area contributed by atoms with Crippen LogP contribution in [0.1, 0.15) is 34.1 Å². The van der Waals surface area contributed by atoms with Gasteiger partial charge in [0, 0.05) is 38.3 Å². The van der Waals surface area contributed by atoms with Gasteiger partial charge in [0.05, 0.1) is 23.2 Å². The van der Waals surface area contributed by atoms with Gasteiger partial charge in [0.1, 0.15) is 12.5 Å². The van der Waals surface area contributed by atoms with E-state index in [-0.39, 0.29) is 11.9 Å². The van der Waals surface area contributed by atoms with E-state index in [2.05, 4.69) is 15.5 Å². The van der Waals surface area contributed by atoms with E-state index < -0.39 is 0 Å². The predicted octanol–water partition coefficient (Wildman–Crippen LogP) is 2.59. The second-order valence-corrected chi connectivity index (χ2v) is 6.52. The Hall–Kier alpha value is -3.29. The first-order valence-corrected chi connectivity index (χ1v) is 9.33. The first-order chi connectivity index (χ1) is 13.6. The maximum absolute atomic E-state index is 12.5. The van der Waals surface area contributed by atoms with Gasteiger partial charge in [0.2, 0.25) is 0 Å². The Balaban J connectivity index is 1.79. The quantitative estimate of drug-likeness (QED) is 0.773. The number of nitrogens with one attached hydrogen (secondary N) is 2. The van der Waals surface area contributed by atoms with Crippen LogP contribution in [0.25, 0.3) is 0 Å². The van der Waals surface area contributed by atoms with Crippen molar-refractivity contribution in [2.24, 2.45) is 0 Å². The van der Waals surface area contributed by atoms with Crippen LogP contribution >= 0.6 is 0 Å². The number of amides is 3. The number of urea groups is 1. The lowest BCUT2D eigenvalue weighted by Gasteiger charge is -2.26. The fraction of sp³-hybridized carbons (Fsp3) is 0.350. The Labute approximate surface area is 163 Å². The maximum Gasteiger partial charge on any atom is 0.317 e. The summed E-state index contributed by atoms with van der Waals surface area (Å²) in [6.45, 7) is 5.11. The Morgan fingerprint density at radius 3 is 2.75 bits per heavy atom. The molecule has 1 aliphatic heterocycles. The van der Waals surface area contributed by atoms with Crippen molar-refractivity contribution in [1.82, 2.24) is 10.2 Å². The average molecular weight is 384 g/mol. The number of anilines is 2. The molecule has 1 aliphatic rings. The van der Waals surface area contributed by atoms with E-state index in [9.17, 15) is 14.4 Å². The third kappa shape index (κ3) is 4.51. The molecule has 8 nitrogen and oxygen atoms in total. The van der Waals surface area contributed by atoms with E-state index in [4.69, 9.17) is 4.42 Å². The molecule has 2 N–H and O–H groups in total. The molecule has 1 saturated heterocycles. The van der Waals surface area contributed by atoms with Crippen molar-refractivity contribution in [2.75, 3.05) is 42.9 Å². The van der Waals surface area contributed by atoms with Gasteiger partial charge in [-0.2, -0.15) is 0 Å². The third-order valence-electron chi connectivity index (χ3n) is 4.64. The van der Waals surface area contributed by atoms with Crippen LogP contribution in [0.4, 0.5) is 16.2 Å². The highest BCUT2D eigenvalue weighted by atomic mass is 16.3. The number of aldehydes is 1.